The Hall–Kier alpha value is -4.98. The fourth-order valence-electron chi connectivity index (χ4n) is 6.21. The van der Waals surface area contributed by atoms with Crippen LogP contribution in [0.4, 0.5) is 27.4 Å². The molecule has 6 rings (SSSR count). The van der Waals surface area contributed by atoms with Gasteiger partial charge in [-0.1, -0.05) is 20.8 Å². The lowest BCUT2D eigenvalue weighted by Gasteiger charge is -2.43. The van der Waals surface area contributed by atoms with Gasteiger partial charge in [0.05, 0.1) is 49.5 Å². The van der Waals surface area contributed by atoms with E-state index < -0.39 is 5.82 Å². The number of piperazine rings is 1. The van der Waals surface area contributed by atoms with Gasteiger partial charge in [-0.2, -0.15) is 5.10 Å². The van der Waals surface area contributed by atoms with Crippen LogP contribution in [0.2, 0.25) is 0 Å². The number of carbonyl (C=O) groups excluding carboxylic acids is 1. The summed E-state index contributed by atoms with van der Waals surface area (Å²) >= 11 is 0. The van der Waals surface area contributed by atoms with Crippen LogP contribution in [0, 0.1) is 5.82 Å². The molecule has 0 atom stereocenters. The Kier molecular flexibility index (Phi) is 10.1. The molecule has 1 aromatic carbocycles. The summed E-state index contributed by atoms with van der Waals surface area (Å²) in [5, 5.41) is 19.6. The van der Waals surface area contributed by atoms with Gasteiger partial charge in [0.15, 0.2) is 12.1 Å². The highest BCUT2D eigenvalue weighted by molar-refractivity contribution is 5.93. The van der Waals surface area contributed by atoms with Crippen molar-refractivity contribution in [1.29, 1.82) is 0 Å². The van der Waals surface area contributed by atoms with E-state index in [2.05, 4.69) is 30.2 Å². The van der Waals surface area contributed by atoms with Crippen molar-refractivity contribution in [2.45, 2.75) is 38.8 Å². The molecular formula is C37H43FN8O4. The summed E-state index contributed by atoms with van der Waals surface area (Å²) in [6.45, 7) is 10.9. The van der Waals surface area contributed by atoms with Crippen molar-refractivity contribution in [1.82, 2.24) is 19.4 Å². The Bertz CT molecular complexity index is 1950. The second-order valence-corrected chi connectivity index (χ2v) is 13.7. The van der Waals surface area contributed by atoms with Crippen LogP contribution in [-0.4, -0.2) is 89.5 Å². The second kappa shape index (κ2) is 14.5. The number of hydrazone groups is 1. The Morgan fingerprint density at radius 1 is 1.12 bits per heavy atom. The van der Waals surface area contributed by atoms with E-state index in [9.17, 15) is 19.1 Å². The Labute approximate surface area is 290 Å². The lowest BCUT2D eigenvalue weighted by Crippen LogP contribution is -2.56. The zero-order valence-electron chi connectivity index (χ0n) is 29.1. The van der Waals surface area contributed by atoms with Crippen molar-refractivity contribution in [2.75, 3.05) is 61.7 Å². The van der Waals surface area contributed by atoms with Gasteiger partial charge in [0, 0.05) is 69.4 Å². The van der Waals surface area contributed by atoms with Crippen molar-refractivity contribution in [3.63, 3.8) is 0 Å². The molecule has 0 amide bonds. The molecule has 0 aliphatic carbocycles. The van der Waals surface area contributed by atoms with Crippen LogP contribution in [0.3, 0.4) is 0 Å². The van der Waals surface area contributed by atoms with E-state index in [1.54, 1.807) is 44.7 Å². The molecule has 0 spiro atoms. The summed E-state index contributed by atoms with van der Waals surface area (Å²) in [5.41, 5.74) is 3.49. The molecule has 262 valence electrons. The number of carbonyl (C=O) groups is 1. The highest BCUT2D eigenvalue weighted by Crippen LogP contribution is 2.31. The van der Waals surface area contributed by atoms with Crippen LogP contribution in [0.5, 0.6) is 0 Å². The van der Waals surface area contributed by atoms with E-state index in [0.29, 0.717) is 51.9 Å². The van der Waals surface area contributed by atoms with Crippen molar-refractivity contribution in [3.05, 3.63) is 93.4 Å². The molecule has 0 saturated carbocycles. The van der Waals surface area contributed by atoms with E-state index in [1.807, 2.05) is 39.1 Å². The number of ether oxygens (including phenoxy) is 1. The number of hydrogen-bond donors (Lipinski definition) is 2. The fraction of sp³-hybridized carbons (Fsp3) is 0.378. The summed E-state index contributed by atoms with van der Waals surface area (Å²) in [7, 11) is 3.31. The molecule has 0 unspecified atom stereocenters. The van der Waals surface area contributed by atoms with Crippen LogP contribution < -0.4 is 20.8 Å². The van der Waals surface area contributed by atoms with Gasteiger partial charge in [0.25, 0.3) is 5.56 Å². The zero-order valence-corrected chi connectivity index (χ0v) is 29.1. The first-order chi connectivity index (χ1) is 24.0. The molecule has 0 radical (unpaired) electrons. The van der Waals surface area contributed by atoms with E-state index in [1.165, 1.54) is 21.9 Å². The number of benzene rings is 1. The third-order valence-electron chi connectivity index (χ3n) is 9.33. The first-order valence-corrected chi connectivity index (χ1v) is 16.6. The molecule has 3 aromatic heterocycles. The maximum atomic E-state index is 14.8. The molecule has 2 N–H and O–H groups in total. The Balaban J connectivity index is 1.23. The van der Waals surface area contributed by atoms with Crippen LogP contribution in [-0.2, 0) is 23.8 Å². The number of aldehydes is 1. The highest BCUT2D eigenvalue weighted by Gasteiger charge is 2.29. The third kappa shape index (κ3) is 7.30. The quantitative estimate of drug-likeness (QED) is 0.142. The van der Waals surface area contributed by atoms with Crippen LogP contribution >= 0.6 is 0 Å². The molecule has 2 saturated heterocycles. The molecule has 50 heavy (non-hydrogen) atoms. The highest BCUT2D eigenvalue weighted by atomic mass is 19.1. The molecular weight excluding hydrogens is 639 g/mol. The van der Waals surface area contributed by atoms with Gasteiger partial charge in [-0.15, -0.1) is 0 Å². The summed E-state index contributed by atoms with van der Waals surface area (Å²) in [6, 6.07) is 11.0. The number of nitrogens with zero attached hydrogens (tertiary/aromatic N) is 7. The summed E-state index contributed by atoms with van der Waals surface area (Å²) < 4.78 is 21.6. The van der Waals surface area contributed by atoms with E-state index >= 15 is 0 Å². The van der Waals surface area contributed by atoms with Crippen LogP contribution in [0.1, 0.15) is 47.8 Å². The van der Waals surface area contributed by atoms with Crippen molar-refractivity contribution in [3.8, 4) is 11.1 Å². The van der Waals surface area contributed by atoms with Crippen LogP contribution in [0.15, 0.2) is 64.9 Å². The smallest absolute Gasteiger partial charge is 0.274 e. The molecule has 0 bridgehead atoms. The van der Waals surface area contributed by atoms with Crippen molar-refractivity contribution in [2.24, 2.45) is 12.1 Å². The normalized spacial score (nSPS) is 15.7. The summed E-state index contributed by atoms with van der Waals surface area (Å²) in [4.78, 5) is 38.8. The zero-order chi connectivity index (χ0) is 35.6. The molecule has 12 nitrogen and oxygen atoms in total. The maximum Gasteiger partial charge on any atom is 0.274 e. The molecule has 5 heterocycles. The predicted molar refractivity (Wildman–Crippen MR) is 193 cm³/mol. The van der Waals surface area contributed by atoms with Crippen molar-refractivity contribution >= 4 is 35.5 Å². The third-order valence-corrected chi connectivity index (χ3v) is 9.33. The van der Waals surface area contributed by atoms with E-state index in [4.69, 9.17) is 4.74 Å². The van der Waals surface area contributed by atoms with Gasteiger partial charge < -0.3 is 24.6 Å². The molecule has 2 fully saturated rings. The Morgan fingerprint density at radius 3 is 2.50 bits per heavy atom. The van der Waals surface area contributed by atoms with Crippen molar-refractivity contribution < 1.29 is 19.0 Å². The van der Waals surface area contributed by atoms with Gasteiger partial charge >= 0.3 is 0 Å². The first-order valence-electron chi connectivity index (χ1n) is 16.6. The van der Waals surface area contributed by atoms with Gasteiger partial charge in [-0.05, 0) is 52.9 Å². The minimum absolute atomic E-state index is 0.0911. The number of rotatable bonds is 10. The monoisotopic (exact) mass is 682 g/mol. The number of aryl methyl sites for hydroxylation is 1. The minimum Gasteiger partial charge on any atom is -0.392 e. The maximum absolute atomic E-state index is 14.8. The summed E-state index contributed by atoms with van der Waals surface area (Å²) in [6.07, 6.45) is 6.99. The summed E-state index contributed by atoms with van der Waals surface area (Å²) in [5.74, 6) is 0.261. The average molecular weight is 683 g/mol. The van der Waals surface area contributed by atoms with Gasteiger partial charge in [0.2, 0.25) is 0 Å². The molecule has 2 aliphatic heterocycles. The number of halogens is 1. The van der Waals surface area contributed by atoms with E-state index in [-0.39, 0.29) is 23.1 Å². The first kappa shape index (κ1) is 34.9. The lowest BCUT2D eigenvalue weighted by atomic mass is 9.85. The molecule has 4 aromatic rings. The topological polar surface area (TPSA) is 128 Å². The lowest BCUT2D eigenvalue weighted by molar-refractivity contribution is -0.0660. The molecule has 13 heteroatoms. The number of nitrogens with one attached hydrogen (secondary N) is 1. The van der Waals surface area contributed by atoms with Gasteiger partial charge in [0.1, 0.15) is 17.3 Å². The number of hydrogen-bond acceptors (Lipinski definition) is 11. The average Bonchev–Trinajstić information content (AvgIpc) is 3.08. The standard InChI is InChI=1S/C37H43FN8O4/c1-37(2,3)26-14-24(30(20-47)32(38)16-26)17-41-44(5)35-31(21-48)29(8-9-39-35)25-15-33(36(49)43(4)19-25)42-34-7-6-27(18-40-34)45-10-12-46(13-11-45)28-22-50-23-28/h6-9,14-20,28,48H,10-13,21-23H2,1-5H3,(H,40,42)/b41-17-. The second-order valence-electron chi connectivity index (χ2n) is 13.7. The number of pyridine rings is 3. The van der Waals surface area contributed by atoms with Crippen LogP contribution in [0.25, 0.3) is 11.1 Å². The minimum atomic E-state index is -0.619. The SMILES string of the molecule is CN(/N=C\c1cc(C(C)(C)C)cc(F)c1C=O)c1nccc(-c2cc(Nc3ccc(N4CCN(C5COC5)CC4)cn3)c(=O)n(C)c2)c1CO. The number of anilines is 4. The number of aliphatic hydroxyl groups is 1. The largest absolute Gasteiger partial charge is 0.392 e. The van der Waals surface area contributed by atoms with Gasteiger partial charge in [-0.3, -0.25) is 19.5 Å². The van der Waals surface area contributed by atoms with Gasteiger partial charge in [-0.25, -0.2) is 14.4 Å². The fourth-order valence-corrected chi connectivity index (χ4v) is 6.21. The number of aromatic nitrogens is 3. The Morgan fingerprint density at radius 2 is 1.88 bits per heavy atom. The molecule has 2 aliphatic rings. The van der Waals surface area contributed by atoms with E-state index in [0.717, 1.165) is 50.6 Å². The number of aliphatic hydroxyl groups excluding tert-OH is 1. The predicted octanol–water partition coefficient (Wildman–Crippen LogP) is 4.32.